The van der Waals surface area contributed by atoms with Gasteiger partial charge in [-0.25, -0.2) is 4.68 Å². The van der Waals surface area contributed by atoms with Crippen molar-refractivity contribution in [1.82, 2.24) is 15.0 Å². The SMILES string of the molecule is COc1ccccc1NC(=O)c1nnn(-c2cccc(C)c2)c1C. The molecule has 6 nitrogen and oxygen atoms in total. The molecule has 0 unspecified atom stereocenters. The molecule has 6 heteroatoms. The highest BCUT2D eigenvalue weighted by Crippen LogP contribution is 2.24. The number of carbonyl (C=O) groups excluding carboxylic acids is 1. The second-order valence-electron chi connectivity index (χ2n) is 5.43. The molecule has 1 N–H and O–H groups in total. The van der Waals surface area contributed by atoms with Crippen LogP contribution in [0, 0.1) is 13.8 Å². The van der Waals surface area contributed by atoms with Crippen LogP contribution >= 0.6 is 0 Å². The Kier molecular flexibility index (Phi) is 4.29. The molecule has 0 spiro atoms. The van der Waals surface area contributed by atoms with Crippen molar-refractivity contribution in [2.24, 2.45) is 0 Å². The Hall–Kier alpha value is -3.15. The number of nitrogens with zero attached hydrogens (tertiary/aromatic N) is 3. The Balaban J connectivity index is 1.89. The number of carbonyl (C=O) groups is 1. The second kappa shape index (κ2) is 6.54. The van der Waals surface area contributed by atoms with E-state index in [1.165, 1.54) is 0 Å². The van der Waals surface area contributed by atoms with E-state index >= 15 is 0 Å². The van der Waals surface area contributed by atoms with Gasteiger partial charge in [-0.05, 0) is 43.7 Å². The van der Waals surface area contributed by atoms with Crippen molar-refractivity contribution in [2.75, 3.05) is 12.4 Å². The number of aromatic nitrogens is 3. The van der Waals surface area contributed by atoms with E-state index in [-0.39, 0.29) is 11.6 Å². The predicted octanol–water partition coefficient (Wildman–Crippen LogP) is 3.15. The summed E-state index contributed by atoms with van der Waals surface area (Å²) in [7, 11) is 1.56. The van der Waals surface area contributed by atoms with E-state index in [0.717, 1.165) is 11.3 Å². The number of ether oxygens (including phenoxy) is 1. The number of methoxy groups -OCH3 is 1. The maximum absolute atomic E-state index is 12.5. The van der Waals surface area contributed by atoms with Gasteiger partial charge in [0.25, 0.3) is 5.91 Å². The van der Waals surface area contributed by atoms with Crippen LogP contribution in [0.5, 0.6) is 5.75 Å². The van der Waals surface area contributed by atoms with Gasteiger partial charge in [0.15, 0.2) is 5.69 Å². The highest BCUT2D eigenvalue weighted by atomic mass is 16.5. The molecule has 1 amide bonds. The van der Waals surface area contributed by atoms with E-state index in [1.54, 1.807) is 23.9 Å². The zero-order chi connectivity index (χ0) is 17.1. The number of para-hydroxylation sites is 2. The monoisotopic (exact) mass is 322 g/mol. The first-order valence-electron chi connectivity index (χ1n) is 7.54. The molecule has 122 valence electrons. The first kappa shape index (κ1) is 15.7. The Labute approximate surface area is 140 Å². The van der Waals surface area contributed by atoms with E-state index in [1.807, 2.05) is 50.2 Å². The Morgan fingerprint density at radius 1 is 1.12 bits per heavy atom. The summed E-state index contributed by atoms with van der Waals surface area (Å²) in [5.41, 5.74) is 3.53. The van der Waals surface area contributed by atoms with Gasteiger partial charge in [-0.1, -0.05) is 29.5 Å². The number of amides is 1. The van der Waals surface area contributed by atoms with E-state index in [4.69, 9.17) is 4.74 Å². The molecule has 3 rings (SSSR count). The second-order valence-corrected chi connectivity index (χ2v) is 5.43. The van der Waals surface area contributed by atoms with Gasteiger partial charge in [-0.3, -0.25) is 4.79 Å². The van der Waals surface area contributed by atoms with Crippen molar-refractivity contribution in [1.29, 1.82) is 0 Å². The Morgan fingerprint density at radius 2 is 1.92 bits per heavy atom. The summed E-state index contributed by atoms with van der Waals surface area (Å²) in [6.07, 6.45) is 0. The van der Waals surface area contributed by atoms with Crippen LogP contribution in [0.2, 0.25) is 0 Å². The smallest absolute Gasteiger partial charge is 0.278 e. The van der Waals surface area contributed by atoms with Gasteiger partial charge in [0.1, 0.15) is 5.75 Å². The molecular formula is C18H18N4O2. The van der Waals surface area contributed by atoms with Gasteiger partial charge in [-0.15, -0.1) is 5.10 Å². The third kappa shape index (κ3) is 2.99. The van der Waals surface area contributed by atoms with E-state index < -0.39 is 0 Å². The molecule has 2 aromatic carbocycles. The number of anilines is 1. The van der Waals surface area contributed by atoms with Crippen molar-refractivity contribution in [2.45, 2.75) is 13.8 Å². The molecule has 0 aliphatic heterocycles. The molecule has 1 heterocycles. The maximum atomic E-state index is 12.5. The normalized spacial score (nSPS) is 10.5. The van der Waals surface area contributed by atoms with Crippen LogP contribution in [0.25, 0.3) is 5.69 Å². The van der Waals surface area contributed by atoms with Crippen molar-refractivity contribution in [3.05, 3.63) is 65.5 Å². The summed E-state index contributed by atoms with van der Waals surface area (Å²) >= 11 is 0. The lowest BCUT2D eigenvalue weighted by molar-refractivity contribution is 0.102. The Morgan fingerprint density at radius 3 is 2.67 bits per heavy atom. The van der Waals surface area contributed by atoms with Gasteiger partial charge in [-0.2, -0.15) is 0 Å². The van der Waals surface area contributed by atoms with E-state index in [0.29, 0.717) is 17.1 Å². The molecular weight excluding hydrogens is 304 g/mol. The van der Waals surface area contributed by atoms with Gasteiger partial charge in [0.05, 0.1) is 24.2 Å². The van der Waals surface area contributed by atoms with Gasteiger partial charge in [0.2, 0.25) is 0 Å². The van der Waals surface area contributed by atoms with Crippen LogP contribution in [0.1, 0.15) is 21.7 Å². The molecule has 0 fully saturated rings. The molecule has 0 aliphatic carbocycles. The standard InChI is InChI=1S/C18H18N4O2/c1-12-7-6-8-14(11-12)22-13(2)17(20-21-22)18(23)19-15-9-4-5-10-16(15)24-3/h4-11H,1-3H3,(H,19,23). The predicted molar refractivity (Wildman–Crippen MR) is 91.8 cm³/mol. The van der Waals surface area contributed by atoms with Crippen molar-refractivity contribution >= 4 is 11.6 Å². The zero-order valence-corrected chi connectivity index (χ0v) is 13.8. The minimum absolute atomic E-state index is 0.280. The highest BCUT2D eigenvalue weighted by Gasteiger charge is 2.18. The fourth-order valence-corrected chi connectivity index (χ4v) is 2.47. The van der Waals surface area contributed by atoms with Gasteiger partial charge in [0, 0.05) is 0 Å². The molecule has 0 radical (unpaired) electrons. The number of hydrogen-bond acceptors (Lipinski definition) is 4. The van der Waals surface area contributed by atoms with Crippen molar-refractivity contribution < 1.29 is 9.53 Å². The van der Waals surface area contributed by atoms with Crippen LogP contribution in [0.4, 0.5) is 5.69 Å². The fraction of sp³-hybridized carbons (Fsp3) is 0.167. The number of benzene rings is 2. The summed E-state index contributed by atoms with van der Waals surface area (Å²) < 4.78 is 6.90. The van der Waals surface area contributed by atoms with Crippen LogP contribution in [0.3, 0.4) is 0 Å². The van der Waals surface area contributed by atoms with E-state index in [9.17, 15) is 4.79 Å². The largest absolute Gasteiger partial charge is 0.495 e. The molecule has 3 aromatic rings. The maximum Gasteiger partial charge on any atom is 0.278 e. The Bertz CT molecular complexity index is 886. The fourth-order valence-electron chi connectivity index (χ4n) is 2.47. The molecule has 0 saturated carbocycles. The molecule has 0 atom stereocenters. The number of rotatable bonds is 4. The van der Waals surface area contributed by atoms with Crippen LogP contribution < -0.4 is 10.1 Å². The molecule has 24 heavy (non-hydrogen) atoms. The summed E-state index contributed by atoms with van der Waals surface area (Å²) in [5.74, 6) is 0.269. The molecule has 0 bridgehead atoms. The average Bonchev–Trinajstić information content (AvgIpc) is 2.97. The number of nitrogens with one attached hydrogen (secondary N) is 1. The van der Waals surface area contributed by atoms with Crippen LogP contribution in [0.15, 0.2) is 48.5 Å². The average molecular weight is 322 g/mol. The minimum Gasteiger partial charge on any atom is -0.495 e. The first-order valence-corrected chi connectivity index (χ1v) is 7.54. The van der Waals surface area contributed by atoms with Crippen LogP contribution in [-0.2, 0) is 0 Å². The topological polar surface area (TPSA) is 69.0 Å². The summed E-state index contributed by atoms with van der Waals surface area (Å²) in [5, 5.41) is 11.0. The van der Waals surface area contributed by atoms with Gasteiger partial charge < -0.3 is 10.1 Å². The van der Waals surface area contributed by atoms with Gasteiger partial charge >= 0.3 is 0 Å². The minimum atomic E-state index is -0.323. The lowest BCUT2D eigenvalue weighted by atomic mass is 10.2. The summed E-state index contributed by atoms with van der Waals surface area (Å²) in [4.78, 5) is 12.5. The highest BCUT2D eigenvalue weighted by molar-refractivity contribution is 6.04. The van der Waals surface area contributed by atoms with E-state index in [2.05, 4.69) is 15.6 Å². The zero-order valence-electron chi connectivity index (χ0n) is 13.8. The van der Waals surface area contributed by atoms with Crippen molar-refractivity contribution in [3.63, 3.8) is 0 Å². The molecule has 0 aliphatic rings. The lowest BCUT2D eigenvalue weighted by Gasteiger charge is -2.09. The third-order valence-corrected chi connectivity index (χ3v) is 3.71. The number of hydrogen-bond donors (Lipinski definition) is 1. The summed E-state index contributed by atoms with van der Waals surface area (Å²) in [6.45, 7) is 3.82. The number of aryl methyl sites for hydroxylation is 1. The quantitative estimate of drug-likeness (QED) is 0.801. The molecule has 0 saturated heterocycles. The lowest BCUT2D eigenvalue weighted by Crippen LogP contribution is -2.14. The van der Waals surface area contributed by atoms with Crippen molar-refractivity contribution in [3.8, 4) is 11.4 Å². The molecule has 1 aromatic heterocycles. The first-order chi connectivity index (χ1) is 11.6. The third-order valence-electron chi connectivity index (χ3n) is 3.71. The van der Waals surface area contributed by atoms with Crippen LogP contribution in [-0.4, -0.2) is 28.0 Å². The summed E-state index contributed by atoms with van der Waals surface area (Å²) in [6, 6.07) is 15.1.